The van der Waals surface area contributed by atoms with Gasteiger partial charge >= 0.3 is 0 Å². The van der Waals surface area contributed by atoms with E-state index in [4.69, 9.17) is 4.74 Å². The lowest BCUT2D eigenvalue weighted by Crippen LogP contribution is -2.08. The van der Waals surface area contributed by atoms with Crippen LogP contribution in [-0.2, 0) is 4.74 Å². The zero-order chi connectivity index (χ0) is 18.2. The summed E-state index contributed by atoms with van der Waals surface area (Å²) in [6.45, 7) is 1.41. The van der Waals surface area contributed by atoms with Gasteiger partial charge in [0.25, 0.3) is 0 Å². The number of hydrogen-bond donors (Lipinski definition) is 2. The predicted molar refractivity (Wildman–Crippen MR) is 102 cm³/mol. The molecule has 2 N–H and O–H groups in total. The van der Waals surface area contributed by atoms with Gasteiger partial charge in [0.05, 0.1) is 0 Å². The third kappa shape index (κ3) is 5.00. The quantitative estimate of drug-likeness (QED) is 0.586. The van der Waals surface area contributed by atoms with Crippen molar-refractivity contribution in [3.05, 3.63) is 66.5 Å². The average Bonchev–Trinajstić information content (AvgIpc) is 2.66. The second kappa shape index (κ2) is 8.92. The molecule has 0 aliphatic carbocycles. The summed E-state index contributed by atoms with van der Waals surface area (Å²) < 4.78 is 18.5. The molecule has 0 aliphatic rings. The van der Waals surface area contributed by atoms with Crippen LogP contribution >= 0.6 is 0 Å². The van der Waals surface area contributed by atoms with E-state index in [1.54, 1.807) is 19.2 Å². The van der Waals surface area contributed by atoms with Crippen LogP contribution in [0, 0.1) is 5.82 Å². The van der Waals surface area contributed by atoms with Gasteiger partial charge in [-0.25, -0.2) is 14.4 Å². The third-order valence-electron chi connectivity index (χ3n) is 3.69. The second-order valence-corrected chi connectivity index (χ2v) is 5.74. The zero-order valence-electron chi connectivity index (χ0n) is 14.6. The number of anilines is 3. The Morgan fingerprint density at radius 2 is 1.77 bits per heavy atom. The SMILES string of the molecule is COCCCNc1cc(Nc2cccc(F)c2)nc(-c2ccccc2)n1. The van der Waals surface area contributed by atoms with Gasteiger partial charge in [-0.3, -0.25) is 0 Å². The highest BCUT2D eigenvalue weighted by molar-refractivity contribution is 5.65. The topological polar surface area (TPSA) is 59.1 Å². The summed E-state index contributed by atoms with van der Waals surface area (Å²) in [6.07, 6.45) is 0.869. The fourth-order valence-corrected chi connectivity index (χ4v) is 2.47. The summed E-state index contributed by atoms with van der Waals surface area (Å²) in [5.41, 5.74) is 1.54. The molecule has 0 amide bonds. The van der Waals surface area contributed by atoms with Crippen LogP contribution in [0.4, 0.5) is 21.7 Å². The molecule has 3 rings (SSSR count). The van der Waals surface area contributed by atoms with Gasteiger partial charge in [0.2, 0.25) is 0 Å². The van der Waals surface area contributed by atoms with E-state index in [2.05, 4.69) is 20.6 Å². The number of hydrogen-bond acceptors (Lipinski definition) is 5. The maximum Gasteiger partial charge on any atom is 0.163 e. The maximum atomic E-state index is 13.4. The molecule has 1 heterocycles. The highest BCUT2D eigenvalue weighted by Gasteiger charge is 2.07. The Labute approximate surface area is 152 Å². The zero-order valence-corrected chi connectivity index (χ0v) is 14.6. The van der Waals surface area contributed by atoms with E-state index in [1.807, 2.05) is 36.4 Å². The summed E-state index contributed by atoms with van der Waals surface area (Å²) in [4.78, 5) is 9.15. The first-order chi connectivity index (χ1) is 12.7. The van der Waals surface area contributed by atoms with Crippen molar-refractivity contribution in [2.45, 2.75) is 6.42 Å². The number of nitrogens with one attached hydrogen (secondary N) is 2. The van der Waals surface area contributed by atoms with Crippen LogP contribution in [0.25, 0.3) is 11.4 Å². The minimum atomic E-state index is -0.301. The molecule has 0 unspecified atom stereocenters. The Hall–Kier alpha value is -2.99. The lowest BCUT2D eigenvalue weighted by Gasteiger charge is -2.12. The Bertz CT molecular complexity index is 842. The van der Waals surface area contributed by atoms with Crippen LogP contribution in [0.2, 0.25) is 0 Å². The molecular formula is C20H21FN4O. The molecule has 0 fully saturated rings. The number of benzene rings is 2. The number of ether oxygens (including phenoxy) is 1. The lowest BCUT2D eigenvalue weighted by atomic mass is 10.2. The van der Waals surface area contributed by atoms with Crippen molar-refractivity contribution < 1.29 is 9.13 Å². The molecule has 26 heavy (non-hydrogen) atoms. The molecule has 0 radical (unpaired) electrons. The Morgan fingerprint density at radius 1 is 0.962 bits per heavy atom. The van der Waals surface area contributed by atoms with Crippen molar-refractivity contribution in [2.24, 2.45) is 0 Å². The number of methoxy groups -OCH3 is 1. The third-order valence-corrected chi connectivity index (χ3v) is 3.69. The monoisotopic (exact) mass is 352 g/mol. The molecule has 0 atom stereocenters. The first-order valence-electron chi connectivity index (χ1n) is 8.44. The highest BCUT2D eigenvalue weighted by atomic mass is 19.1. The number of halogens is 1. The first kappa shape index (κ1) is 17.8. The van der Waals surface area contributed by atoms with Gasteiger partial charge in [0, 0.05) is 37.6 Å². The maximum absolute atomic E-state index is 13.4. The molecular weight excluding hydrogens is 331 g/mol. The van der Waals surface area contributed by atoms with Crippen LogP contribution in [0.15, 0.2) is 60.7 Å². The summed E-state index contributed by atoms with van der Waals surface area (Å²) in [6, 6.07) is 17.8. The van der Waals surface area contributed by atoms with E-state index in [-0.39, 0.29) is 5.82 Å². The largest absolute Gasteiger partial charge is 0.385 e. The number of aromatic nitrogens is 2. The lowest BCUT2D eigenvalue weighted by molar-refractivity contribution is 0.198. The summed E-state index contributed by atoms with van der Waals surface area (Å²) in [5, 5.41) is 6.42. The molecule has 134 valence electrons. The van der Waals surface area contributed by atoms with E-state index in [1.165, 1.54) is 12.1 Å². The van der Waals surface area contributed by atoms with E-state index in [0.717, 1.165) is 18.5 Å². The second-order valence-electron chi connectivity index (χ2n) is 5.74. The minimum Gasteiger partial charge on any atom is -0.385 e. The number of rotatable bonds is 8. The molecule has 0 aliphatic heterocycles. The van der Waals surface area contributed by atoms with Crippen molar-refractivity contribution >= 4 is 17.3 Å². The van der Waals surface area contributed by atoms with Crippen molar-refractivity contribution in [1.29, 1.82) is 0 Å². The van der Waals surface area contributed by atoms with Gasteiger partial charge in [0.15, 0.2) is 5.82 Å². The smallest absolute Gasteiger partial charge is 0.163 e. The van der Waals surface area contributed by atoms with Crippen LogP contribution in [-0.4, -0.2) is 30.2 Å². The van der Waals surface area contributed by atoms with Crippen LogP contribution in [0.1, 0.15) is 6.42 Å². The van der Waals surface area contributed by atoms with E-state index in [0.29, 0.717) is 29.8 Å². The molecule has 6 heteroatoms. The molecule has 0 saturated carbocycles. The Balaban J connectivity index is 1.86. The summed E-state index contributed by atoms with van der Waals surface area (Å²) in [5.74, 6) is 1.60. The van der Waals surface area contributed by atoms with Gasteiger partial charge in [-0.2, -0.15) is 0 Å². The highest BCUT2D eigenvalue weighted by Crippen LogP contribution is 2.23. The average molecular weight is 352 g/mol. The van der Waals surface area contributed by atoms with Gasteiger partial charge in [-0.05, 0) is 24.6 Å². The van der Waals surface area contributed by atoms with Crippen molar-refractivity contribution in [2.75, 3.05) is 30.9 Å². The van der Waals surface area contributed by atoms with Crippen LogP contribution in [0.3, 0.4) is 0 Å². The molecule has 3 aromatic rings. The molecule has 0 saturated heterocycles. The minimum absolute atomic E-state index is 0.301. The van der Waals surface area contributed by atoms with E-state index < -0.39 is 0 Å². The standard InChI is InChI=1S/C20H21FN4O/c1-26-12-6-11-22-18-14-19(23-17-10-5-9-16(21)13-17)25-20(24-18)15-7-3-2-4-8-15/h2-5,7-10,13-14H,6,11-12H2,1H3,(H2,22,23,24,25). The fraction of sp³-hybridized carbons (Fsp3) is 0.200. The first-order valence-corrected chi connectivity index (χ1v) is 8.44. The summed E-state index contributed by atoms with van der Waals surface area (Å²) >= 11 is 0. The molecule has 0 bridgehead atoms. The van der Waals surface area contributed by atoms with Gasteiger partial charge in [-0.15, -0.1) is 0 Å². The Morgan fingerprint density at radius 3 is 2.54 bits per heavy atom. The number of nitrogens with zero attached hydrogens (tertiary/aromatic N) is 2. The van der Waals surface area contributed by atoms with E-state index >= 15 is 0 Å². The van der Waals surface area contributed by atoms with Gasteiger partial charge < -0.3 is 15.4 Å². The molecule has 1 aromatic heterocycles. The molecule has 5 nitrogen and oxygen atoms in total. The molecule has 2 aromatic carbocycles. The normalized spacial score (nSPS) is 10.5. The molecule has 0 spiro atoms. The van der Waals surface area contributed by atoms with Gasteiger partial charge in [-0.1, -0.05) is 36.4 Å². The van der Waals surface area contributed by atoms with Gasteiger partial charge in [0.1, 0.15) is 17.5 Å². The van der Waals surface area contributed by atoms with Crippen molar-refractivity contribution in [1.82, 2.24) is 9.97 Å². The summed E-state index contributed by atoms with van der Waals surface area (Å²) in [7, 11) is 1.68. The fourth-order valence-electron chi connectivity index (χ4n) is 2.47. The Kier molecular flexibility index (Phi) is 6.11. The van der Waals surface area contributed by atoms with E-state index in [9.17, 15) is 4.39 Å². The van der Waals surface area contributed by atoms with Crippen LogP contribution in [0.5, 0.6) is 0 Å². The van der Waals surface area contributed by atoms with Crippen LogP contribution < -0.4 is 10.6 Å². The van der Waals surface area contributed by atoms with Crippen molar-refractivity contribution in [3.8, 4) is 11.4 Å². The predicted octanol–water partition coefficient (Wildman–Crippen LogP) is 4.47. The van der Waals surface area contributed by atoms with Crippen molar-refractivity contribution in [3.63, 3.8) is 0 Å².